The third kappa shape index (κ3) is 3.34. The topological polar surface area (TPSA) is 0 Å². The van der Waals surface area contributed by atoms with Crippen LogP contribution in [0.25, 0.3) is 6.08 Å². The number of allylic oxidation sites excluding steroid dienone is 1. The fourth-order valence-corrected chi connectivity index (χ4v) is 1.73. The SMILES string of the molecule is C/C(=C/c1ccc(Br)cc1Cl)CCl. The third-order valence-electron chi connectivity index (χ3n) is 1.58. The van der Waals surface area contributed by atoms with Crippen LogP contribution < -0.4 is 0 Å². The van der Waals surface area contributed by atoms with Crippen molar-refractivity contribution >= 4 is 45.2 Å². The van der Waals surface area contributed by atoms with Crippen LogP contribution in [-0.4, -0.2) is 5.88 Å². The van der Waals surface area contributed by atoms with Crippen LogP contribution in [0.2, 0.25) is 5.02 Å². The van der Waals surface area contributed by atoms with Crippen LogP contribution in [-0.2, 0) is 0 Å². The summed E-state index contributed by atoms with van der Waals surface area (Å²) in [6.45, 7) is 1.98. The second-order valence-corrected chi connectivity index (χ2v) is 4.38. The van der Waals surface area contributed by atoms with Crippen molar-refractivity contribution in [2.24, 2.45) is 0 Å². The highest BCUT2D eigenvalue weighted by Crippen LogP contribution is 2.23. The van der Waals surface area contributed by atoms with Crippen molar-refractivity contribution in [2.45, 2.75) is 6.92 Å². The Balaban J connectivity index is 3.03. The summed E-state index contributed by atoms with van der Waals surface area (Å²) < 4.78 is 0.984. The minimum atomic E-state index is 0.534. The predicted molar refractivity (Wildman–Crippen MR) is 63.5 cm³/mol. The van der Waals surface area contributed by atoms with E-state index in [0.29, 0.717) is 5.88 Å². The minimum absolute atomic E-state index is 0.534. The monoisotopic (exact) mass is 278 g/mol. The number of benzene rings is 1. The summed E-state index contributed by atoms with van der Waals surface area (Å²) in [5, 5.41) is 0.735. The smallest absolute Gasteiger partial charge is 0.0489 e. The zero-order valence-electron chi connectivity index (χ0n) is 7.15. The van der Waals surface area contributed by atoms with E-state index >= 15 is 0 Å². The maximum atomic E-state index is 6.01. The molecule has 0 heterocycles. The number of alkyl halides is 1. The molecule has 0 saturated carbocycles. The van der Waals surface area contributed by atoms with Gasteiger partial charge in [0.05, 0.1) is 0 Å². The molecular formula is C10H9BrCl2. The van der Waals surface area contributed by atoms with E-state index in [1.165, 1.54) is 0 Å². The lowest BCUT2D eigenvalue weighted by Crippen LogP contribution is -1.80. The quantitative estimate of drug-likeness (QED) is 0.686. The zero-order chi connectivity index (χ0) is 9.84. The standard InChI is InChI=1S/C10H9BrCl2/c1-7(6-12)4-8-2-3-9(11)5-10(8)13/h2-5H,6H2,1H3/b7-4-. The van der Waals surface area contributed by atoms with E-state index < -0.39 is 0 Å². The van der Waals surface area contributed by atoms with Gasteiger partial charge in [-0.15, -0.1) is 11.6 Å². The Morgan fingerprint density at radius 2 is 2.23 bits per heavy atom. The molecule has 3 heteroatoms. The summed E-state index contributed by atoms with van der Waals surface area (Å²) in [4.78, 5) is 0. The van der Waals surface area contributed by atoms with Gasteiger partial charge in [0.2, 0.25) is 0 Å². The Hall–Kier alpha value is 0.0200. The highest BCUT2D eigenvalue weighted by Gasteiger charge is 1.98. The van der Waals surface area contributed by atoms with Crippen molar-refractivity contribution < 1.29 is 0 Å². The molecule has 0 atom stereocenters. The highest BCUT2D eigenvalue weighted by molar-refractivity contribution is 9.10. The van der Waals surface area contributed by atoms with Gasteiger partial charge in [0.15, 0.2) is 0 Å². The molecule has 0 saturated heterocycles. The van der Waals surface area contributed by atoms with Gasteiger partial charge in [-0.2, -0.15) is 0 Å². The molecule has 0 aliphatic carbocycles. The largest absolute Gasteiger partial charge is 0.122 e. The first-order valence-corrected chi connectivity index (χ1v) is 5.52. The molecule has 0 unspecified atom stereocenters. The van der Waals surface area contributed by atoms with Gasteiger partial charge in [-0.3, -0.25) is 0 Å². The first-order chi connectivity index (χ1) is 6.13. The first kappa shape index (κ1) is 11.1. The Morgan fingerprint density at radius 1 is 1.54 bits per heavy atom. The normalized spacial score (nSPS) is 11.8. The third-order valence-corrected chi connectivity index (χ3v) is 2.82. The number of hydrogen-bond donors (Lipinski definition) is 0. The van der Waals surface area contributed by atoms with Crippen LogP contribution in [0.4, 0.5) is 0 Å². The van der Waals surface area contributed by atoms with Crippen molar-refractivity contribution in [1.82, 2.24) is 0 Å². The van der Waals surface area contributed by atoms with Crippen LogP contribution >= 0.6 is 39.1 Å². The van der Waals surface area contributed by atoms with E-state index in [2.05, 4.69) is 15.9 Å². The molecule has 0 fully saturated rings. The molecule has 1 aromatic carbocycles. The van der Waals surface area contributed by atoms with Crippen LogP contribution in [0, 0.1) is 0 Å². The summed E-state index contributed by atoms with van der Waals surface area (Å²) in [7, 11) is 0. The van der Waals surface area contributed by atoms with Gasteiger partial charge in [0, 0.05) is 15.4 Å². The summed E-state index contributed by atoms with van der Waals surface area (Å²) in [6, 6.07) is 5.79. The molecule has 1 rings (SSSR count). The lowest BCUT2D eigenvalue weighted by Gasteiger charge is -2.00. The van der Waals surface area contributed by atoms with Crippen molar-refractivity contribution in [3.8, 4) is 0 Å². The molecule has 0 spiro atoms. The second kappa shape index (κ2) is 5.04. The predicted octanol–water partition coefficient (Wildman–Crippen LogP) is 4.74. The first-order valence-electron chi connectivity index (χ1n) is 3.81. The lowest BCUT2D eigenvalue weighted by molar-refractivity contribution is 1.42. The van der Waals surface area contributed by atoms with E-state index in [0.717, 1.165) is 20.6 Å². The maximum absolute atomic E-state index is 6.01. The molecule has 0 aliphatic rings. The van der Waals surface area contributed by atoms with Gasteiger partial charge in [0.1, 0.15) is 0 Å². The maximum Gasteiger partial charge on any atom is 0.0489 e. The highest BCUT2D eigenvalue weighted by atomic mass is 79.9. The van der Waals surface area contributed by atoms with E-state index in [4.69, 9.17) is 23.2 Å². The van der Waals surface area contributed by atoms with E-state index in [1.807, 2.05) is 31.2 Å². The fourth-order valence-electron chi connectivity index (χ4n) is 0.923. The average molecular weight is 280 g/mol. The Bertz CT molecular complexity index is 332. The van der Waals surface area contributed by atoms with Gasteiger partial charge in [-0.05, 0) is 24.6 Å². The van der Waals surface area contributed by atoms with E-state index in [9.17, 15) is 0 Å². The summed E-state index contributed by atoms with van der Waals surface area (Å²) in [5.41, 5.74) is 2.11. The number of rotatable bonds is 2. The molecule has 0 amide bonds. The molecule has 70 valence electrons. The lowest BCUT2D eigenvalue weighted by atomic mass is 10.1. The second-order valence-electron chi connectivity index (χ2n) is 2.79. The molecule has 0 nitrogen and oxygen atoms in total. The molecular weight excluding hydrogens is 271 g/mol. The van der Waals surface area contributed by atoms with Crippen molar-refractivity contribution in [2.75, 3.05) is 5.88 Å². The van der Waals surface area contributed by atoms with Crippen molar-refractivity contribution in [1.29, 1.82) is 0 Å². The summed E-state index contributed by atoms with van der Waals surface area (Å²) in [5.74, 6) is 0.534. The zero-order valence-corrected chi connectivity index (χ0v) is 10.2. The molecule has 0 bridgehead atoms. The van der Waals surface area contributed by atoms with Gasteiger partial charge in [0.25, 0.3) is 0 Å². The molecule has 0 aliphatic heterocycles. The van der Waals surface area contributed by atoms with Gasteiger partial charge in [-0.25, -0.2) is 0 Å². The molecule has 0 N–H and O–H groups in total. The van der Waals surface area contributed by atoms with Crippen molar-refractivity contribution in [3.63, 3.8) is 0 Å². The Kier molecular flexibility index (Phi) is 4.30. The molecule has 0 radical (unpaired) electrons. The number of hydrogen-bond acceptors (Lipinski definition) is 0. The van der Waals surface area contributed by atoms with Crippen LogP contribution in [0.1, 0.15) is 12.5 Å². The van der Waals surface area contributed by atoms with Gasteiger partial charge in [-0.1, -0.05) is 45.2 Å². The van der Waals surface area contributed by atoms with Crippen LogP contribution in [0.3, 0.4) is 0 Å². The van der Waals surface area contributed by atoms with Gasteiger partial charge < -0.3 is 0 Å². The van der Waals surface area contributed by atoms with E-state index in [-0.39, 0.29) is 0 Å². The minimum Gasteiger partial charge on any atom is -0.122 e. The Labute approximate surface area is 96.7 Å². The van der Waals surface area contributed by atoms with Crippen molar-refractivity contribution in [3.05, 3.63) is 38.8 Å². The van der Waals surface area contributed by atoms with E-state index in [1.54, 1.807) is 0 Å². The fraction of sp³-hybridized carbons (Fsp3) is 0.200. The Morgan fingerprint density at radius 3 is 2.77 bits per heavy atom. The summed E-state index contributed by atoms with van der Waals surface area (Å²) >= 11 is 15.0. The molecule has 13 heavy (non-hydrogen) atoms. The van der Waals surface area contributed by atoms with Crippen LogP contribution in [0.5, 0.6) is 0 Å². The summed E-state index contributed by atoms with van der Waals surface area (Å²) in [6.07, 6.45) is 1.99. The molecule has 1 aromatic rings. The average Bonchev–Trinajstić information content (AvgIpc) is 2.09. The van der Waals surface area contributed by atoms with Gasteiger partial charge >= 0.3 is 0 Å². The molecule has 0 aromatic heterocycles. The van der Waals surface area contributed by atoms with Crippen LogP contribution in [0.15, 0.2) is 28.2 Å². The number of halogens is 3.